The van der Waals surface area contributed by atoms with Gasteiger partial charge in [0.15, 0.2) is 0 Å². The molecular formula is C16H21ClN4. The average Bonchev–Trinajstić information content (AvgIpc) is 2.43. The fourth-order valence-electron chi connectivity index (χ4n) is 2.02. The van der Waals surface area contributed by atoms with Crippen LogP contribution in [0.25, 0.3) is 0 Å². The van der Waals surface area contributed by atoms with E-state index in [1.54, 1.807) is 0 Å². The van der Waals surface area contributed by atoms with E-state index in [0.717, 1.165) is 27.8 Å². The maximum Gasteiger partial charge on any atom is 0.135 e. The highest BCUT2D eigenvalue weighted by Crippen LogP contribution is 2.26. The molecule has 0 fully saturated rings. The molecule has 5 heteroatoms. The molecular weight excluding hydrogens is 284 g/mol. The normalized spacial score (nSPS) is 12.5. The van der Waals surface area contributed by atoms with Gasteiger partial charge in [0.2, 0.25) is 0 Å². The van der Waals surface area contributed by atoms with E-state index in [9.17, 15) is 0 Å². The number of nitrogens with zero attached hydrogens (tertiary/aromatic N) is 2. The number of nitrogen functional groups attached to an aromatic ring is 1. The predicted molar refractivity (Wildman–Crippen MR) is 88.8 cm³/mol. The zero-order valence-corrected chi connectivity index (χ0v) is 13.6. The molecule has 1 heterocycles. The highest BCUT2D eigenvalue weighted by atomic mass is 35.5. The molecule has 2 rings (SSSR count). The van der Waals surface area contributed by atoms with E-state index in [-0.39, 0.29) is 12.0 Å². The second-order valence-electron chi connectivity index (χ2n) is 5.52. The van der Waals surface area contributed by atoms with Gasteiger partial charge in [-0.25, -0.2) is 9.97 Å². The number of hydrogen-bond acceptors (Lipinski definition) is 4. The largest absolute Gasteiger partial charge is 0.383 e. The Bertz CT molecular complexity index is 640. The van der Waals surface area contributed by atoms with Gasteiger partial charge in [0.05, 0.1) is 6.04 Å². The fraction of sp³-hybridized carbons (Fsp3) is 0.375. The number of halogens is 1. The van der Waals surface area contributed by atoms with Crippen LogP contribution in [0, 0.1) is 6.92 Å². The number of nitrogens with two attached hydrogens (primary N) is 1. The third-order valence-electron chi connectivity index (χ3n) is 3.42. The van der Waals surface area contributed by atoms with E-state index < -0.39 is 0 Å². The maximum absolute atomic E-state index is 6.04. The summed E-state index contributed by atoms with van der Waals surface area (Å²) in [5, 5.41) is 4.12. The van der Waals surface area contributed by atoms with Gasteiger partial charge in [0.1, 0.15) is 17.5 Å². The van der Waals surface area contributed by atoms with Crippen LogP contribution in [-0.2, 0) is 0 Å². The Balaban J connectivity index is 2.30. The highest BCUT2D eigenvalue weighted by Gasteiger charge is 2.14. The smallest absolute Gasteiger partial charge is 0.135 e. The summed E-state index contributed by atoms with van der Waals surface area (Å²) < 4.78 is 0. The molecule has 1 aromatic heterocycles. The summed E-state index contributed by atoms with van der Waals surface area (Å²) in [5.74, 6) is 2.28. The van der Waals surface area contributed by atoms with Crippen molar-refractivity contribution >= 4 is 23.2 Å². The van der Waals surface area contributed by atoms with Gasteiger partial charge in [-0.2, -0.15) is 0 Å². The quantitative estimate of drug-likeness (QED) is 0.883. The van der Waals surface area contributed by atoms with Crippen LogP contribution < -0.4 is 11.1 Å². The highest BCUT2D eigenvalue weighted by molar-refractivity contribution is 6.30. The zero-order chi connectivity index (χ0) is 15.6. The second kappa shape index (κ2) is 6.31. The molecule has 1 aromatic carbocycles. The first-order valence-corrected chi connectivity index (χ1v) is 7.42. The van der Waals surface area contributed by atoms with Crippen molar-refractivity contribution in [1.29, 1.82) is 0 Å². The van der Waals surface area contributed by atoms with Crippen LogP contribution in [0.2, 0.25) is 5.02 Å². The van der Waals surface area contributed by atoms with Crippen molar-refractivity contribution in [2.24, 2.45) is 0 Å². The summed E-state index contributed by atoms with van der Waals surface area (Å²) in [6.45, 7) is 8.09. The Morgan fingerprint density at radius 1 is 1.19 bits per heavy atom. The fourth-order valence-corrected chi connectivity index (χ4v) is 2.21. The molecule has 0 radical (unpaired) electrons. The van der Waals surface area contributed by atoms with Gasteiger partial charge in [-0.05, 0) is 31.5 Å². The van der Waals surface area contributed by atoms with Crippen LogP contribution in [0.1, 0.15) is 49.7 Å². The lowest BCUT2D eigenvalue weighted by Crippen LogP contribution is -2.13. The molecule has 2 aromatic rings. The molecule has 0 bridgehead atoms. The van der Waals surface area contributed by atoms with Crippen LogP contribution in [0.4, 0.5) is 11.6 Å². The summed E-state index contributed by atoms with van der Waals surface area (Å²) in [4.78, 5) is 8.92. The van der Waals surface area contributed by atoms with Crippen molar-refractivity contribution in [3.05, 3.63) is 46.2 Å². The summed E-state index contributed by atoms with van der Waals surface area (Å²) in [6.07, 6.45) is 0. The standard InChI is InChI=1S/C16H21ClN4/c1-9(2)15-20-14(18)10(3)16(21-15)19-11(4)12-6-5-7-13(17)8-12/h5-9,11H,1-4H3,(H3,18,19,20,21). The number of anilines is 2. The van der Waals surface area contributed by atoms with Crippen LogP contribution in [0.5, 0.6) is 0 Å². The number of benzene rings is 1. The minimum Gasteiger partial charge on any atom is -0.383 e. The molecule has 0 aliphatic carbocycles. The van der Waals surface area contributed by atoms with Gasteiger partial charge in [-0.15, -0.1) is 0 Å². The minimum absolute atomic E-state index is 0.0803. The van der Waals surface area contributed by atoms with Crippen molar-refractivity contribution < 1.29 is 0 Å². The minimum atomic E-state index is 0.0803. The molecule has 0 aliphatic heterocycles. The number of hydrogen-bond donors (Lipinski definition) is 2. The zero-order valence-electron chi connectivity index (χ0n) is 12.8. The third kappa shape index (κ3) is 3.64. The van der Waals surface area contributed by atoms with Crippen molar-refractivity contribution in [3.63, 3.8) is 0 Å². The van der Waals surface area contributed by atoms with Crippen LogP contribution in [0.3, 0.4) is 0 Å². The molecule has 112 valence electrons. The first-order valence-electron chi connectivity index (χ1n) is 7.04. The number of rotatable bonds is 4. The summed E-state index contributed by atoms with van der Waals surface area (Å²) >= 11 is 6.04. The predicted octanol–water partition coefficient (Wildman–Crippen LogP) is 4.32. The first kappa shape index (κ1) is 15.6. The van der Waals surface area contributed by atoms with Crippen molar-refractivity contribution in [2.45, 2.75) is 39.7 Å². The SMILES string of the molecule is Cc1c(N)nc(C(C)C)nc1NC(C)c1cccc(Cl)c1. The Hall–Kier alpha value is -1.81. The topological polar surface area (TPSA) is 63.8 Å². The second-order valence-corrected chi connectivity index (χ2v) is 5.95. The lowest BCUT2D eigenvalue weighted by atomic mass is 10.1. The Kier molecular flexibility index (Phi) is 4.68. The van der Waals surface area contributed by atoms with Crippen LogP contribution in [0.15, 0.2) is 24.3 Å². The van der Waals surface area contributed by atoms with E-state index in [0.29, 0.717) is 5.82 Å². The van der Waals surface area contributed by atoms with E-state index in [1.807, 2.05) is 45.0 Å². The van der Waals surface area contributed by atoms with E-state index in [2.05, 4.69) is 22.2 Å². The molecule has 0 saturated carbocycles. The van der Waals surface area contributed by atoms with Crippen LogP contribution >= 0.6 is 11.6 Å². The molecule has 0 spiro atoms. The van der Waals surface area contributed by atoms with Gasteiger partial charge < -0.3 is 11.1 Å². The van der Waals surface area contributed by atoms with Gasteiger partial charge in [0.25, 0.3) is 0 Å². The van der Waals surface area contributed by atoms with Crippen molar-refractivity contribution in [1.82, 2.24) is 9.97 Å². The molecule has 0 saturated heterocycles. The van der Waals surface area contributed by atoms with Gasteiger partial charge in [0, 0.05) is 16.5 Å². The molecule has 1 unspecified atom stereocenters. The van der Waals surface area contributed by atoms with E-state index >= 15 is 0 Å². The average molecular weight is 305 g/mol. The van der Waals surface area contributed by atoms with E-state index in [4.69, 9.17) is 17.3 Å². The number of nitrogens with one attached hydrogen (secondary N) is 1. The Morgan fingerprint density at radius 2 is 1.90 bits per heavy atom. The molecule has 1 atom stereocenters. The van der Waals surface area contributed by atoms with Gasteiger partial charge >= 0.3 is 0 Å². The summed E-state index contributed by atoms with van der Waals surface area (Å²) in [6, 6.07) is 7.87. The van der Waals surface area contributed by atoms with Gasteiger partial charge in [-0.3, -0.25) is 0 Å². The van der Waals surface area contributed by atoms with Gasteiger partial charge in [-0.1, -0.05) is 37.6 Å². The molecule has 0 amide bonds. The third-order valence-corrected chi connectivity index (χ3v) is 3.65. The maximum atomic E-state index is 6.04. The number of aromatic nitrogens is 2. The monoisotopic (exact) mass is 304 g/mol. The van der Waals surface area contributed by atoms with Crippen LogP contribution in [-0.4, -0.2) is 9.97 Å². The molecule has 0 aliphatic rings. The first-order chi connectivity index (χ1) is 9.88. The molecule has 4 nitrogen and oxygen atoms in total. The summed E-state index contributed by atoms with van der Waals surface area (Å²) in [5.41, 5.74) is 7.96. The molecule has 21 heavy (non-hydrogen) atoms. The lowest BCUT2D eigenvalue weighted by molar-refractivity contribution is 0.768. The summed E-state index contributed by atoms with van der Waals surface area (Å²) in [7, 11) is 0. The Morgan fingerprint density at radius 3 is 2.52 bits per heavy atom. The molecule has 3 N–H and O–H groups in total. The van der Waals surface area contributed by atoms with Crippen molar-refractivity contribution in [3.8, 4) is 0 Å². The Labute approximate surface area is 130 Å². The van der Waals surface area contributed by atoms with Crippen molar-refractivity contribution in [2.75, 3.05) is 11.1 Å². The van der Waals surface area contributed by atoms with E-state index in [1.165, 1.54) is 0 Å². The lowest BCUT2D eigenvalue weighted by Gasteiger charge is -2.19.